The second kappa shape index (κ2) is 5.19. The molecule has 0 aromatic heterocycles. The SMILES string of the molecule is CCOC(=O)C(=NOC1CC1F)C1(C)OCCO1. The fourth-order valence-corrected chi connectivity index (χ4v) is 1.53. The molecule has 1 heterocycles. The molecular weight excluding hydrogens is 245 g/mol. The van der Waals surface area contributed by atoms with Gasteiger partial charge in [-0.15, -0.1) is 0 Å². The number of halogens is 1. The highest BCUT2D eigenvalue weighted by Crippen LogP contribution is 2.30. The van der Waals surface area contributed by atoms with Crippen LogP contribution in [0.1, 0.15) is 20.3 Å². The number of hydrogen-bond donors (Lipinski definition) is 0. The van der Waals surface area contributed by atoms with Crippen molar-refractivity contribution in [3.8, 4) is 0 Å². The van der Waals surface area contributed by atoms with Crippen LogP contribution in [0.3, 0.4) is 0 Å². The van der Waals surface area contributed by atoms with E-state index in [-0.39, 0.29) is 18.7 Å². The quantitative estimate of drug-likeness (QED) is 0.416. The summed E-state index contributed by atoms with van der Waals surface area (Å²) >= 11 is 0. The molecule has 1 aliphatic heterocycles. The Morgan fingerprint density at radius 1 is 1.50 bits per heavy atom. The lowest BCUT2D eigenvalue weighted by Crippen LogP contribution is -2.42. The van der Waals surface area contributed by atoms with Crippen LogP contribution in [0, 0.1) is 0 Å². The maximum absolute atomic E-state index is 12.7. The number of oxime groups is 1. The highest BCUT2D eigenvalue weighted by molar-refractivity contribution is 6.39. The summed E-state index contributed by atoms with van der Waals surface area (Å²) in [6.45, 7) is 4.13. The van der Waals surface area contributed by atoms with Crippen molar-refractivity contribution in [1.29, 1.82) is 0 Å². The third-order valence-corrected chi connectivity index (χ3v) is 2.67. The number of carbonyl (C=O) groups excluding carboxylic acids is 1. The van der Waals surface area contributed by atoms with Gasteiger partial charge in [-0.05, 0) is 13.8 Å². The predicted molar refractivity (Wildman–Crippen MR) is 58.8 cm³/mol. The van der Waals surface area contributed by atoms with E-state index in [1.165, 1.54) is 0 Å². The normalized spacial score (nSPS) is 30.1. The molecule has 1 saturated heterocycles. The first-order chi connectivity index (χ1) is 8.57. The summed E-state index contributed by atoms with van der Waals surface area (Å²) in [5, 5.41) is 3.66. The molecule has 0 spiro atoms. The molecule has 2 fully saturated rings. The molecule has 1 aliphatic carbocycles. The van der Waals surface area contributed by atoms with E-state index >= 15 is 0 Å². The van der Waals surface area contributed by atoms with Gasteiger partial charge < -0.3 is 19.0 Å². The van der Waals surface area contributed by atoms with Gasteiger partial charge in [0, 0.05) is 6.42 Å². The van der Waals surface area contributed by atoms with E-state index in [0.29, 0.717) is 13.2 Å². The fraction of sp³-hybridized carbons (Fsp3) is 0.818. The molecule has 0 aromatic rings. The molecule has 0 amide bonds. The van der Waals surface area contributed by atoms with Gasteiger partial charge in [0.1, 0.15) is 6.17 Å². The Hall–Kier alpha value is -1.21. The van der Waals surface area contributed by atoms with E-state index in [4.69, 9.17) is 19.0 Å². The van der Waals surface area contributed by atoms with Gasteiger partial charge in [-0.1, -0.05) is 5.16 Å². The Labute approximate surface area is 104 Å². The summed E-state index contributed by atoms with van der Waals surface area (Å²) in [7, 11) is 0. The minimum Gasteiger partial charge on any atom is -0.461 e. The van der Waals surface area contributed by atoms with Gasteiger partial charge in [-0.2, -0.15) is 0 Å². The summed E-state index contributed by atoms with van der Waals surface area (Å²) < 4.78 is 28.2. The lowest BCUT2D eigenvalue weighted by Gasteiger charge is -2.22. The summed E-state index contributed by atoms with van der Waals surface area (Å²) in [5.41, 5.74) is -0.124. The van der Waals surface area contributed by atoms with Crippen molar-refractivity contribution in [2.24, 2.45) is 5.16 Å². The molecule has 2 atom stereocenters. The molecule has 7 heteroatoms. The number of alkyl halides is 1. The largest absolute Gasteiger partial charge is 0.461 e. The Balaban J connectivity index is 2.08. The smallest absolute Gasteiger partial charge is 0.361 e. The van der Waals surface area contributed by atoms with Crippen LogP contribution in [0.2, 0.25) is 0 Å². The van der Waals surface area contributed by atoms with Crippen molar-refractivity contribution < 1.29 is 28.2 Å². The first kappa shape index (κ1) is 13.2. The van der Waals surface area contributed by atoms with Crippen molar-refractivity contribution in [3.05, 3.63) is 0 Å². The average Bonchev–Trinajstić information content (AvgIpc) is 2.84. The van der Waals surface area contributed by atoms with Crippen LogP contribution in [0.25, 0.3) is 0 Å². The van der Waals surface area contributed by atoms with E-state index in [1.54, 1.807) is 13.8 Å². The number of carbonyl (C=O) groups is 1. The monoisotopic (exact) mass is 261 g/mol. The zero-order chi connectivity index (χ0) is 13.2. The first-order valence-corrected chi connectivity index (χ1v) is 5.90. The van der Waals surface area contributed by atoms with Gasteiger partial charge in [0.15, 0.2) is 6.10 Å². The fourth-order valence-electron chi connectivity index (χ4n) is 1.53. The van der Waals surface area contributed by atoms with Crippen molar-refractivity contribution in [1.82, 2.24) is 0 Å². The standard InChI is InChI=1S/C11H16FNO5/c1-3-15-10(14)9(11(2)16-4-5-17-11)13-18-8-6-7(8)12/h7-8H,3-6H2,1-2H3. The molecule has 2 unspecified atom stereocenters. The lowest BCUT2D eigenvalue weighted by molar-refractivity contribution is -0.141. The van der Waals surface area contributed by atoms with Crippen LogP contribution in [-0.4, -0.2) is 49.6 Å². The number of esters is 1. The first-order valence-electron chi connectivity index (χ1n) is 5.90. The minimum atomic E-state index is -1.28. The third kappa shape index (κ3) is 2.78. The van der Waals surface area contributed by atoms with Crippen molar-refractivity contribution >= 4 is 11.7 Å². The van der Waals surface area contributed by atoms with Crippen LogP contribution >= 0.6 is 0 Å². The van der Waals surface area contributed by atoms with Gasteiger partial charge in [0.05, 0.1) is 19.8 Å². The molecule has 102 valence electrons. The van der Waals surface area contributed by atoms with Gasteiger partial charge >= 0.3 is 5.97 Å². The minimum absolute atomic E-state index is 0.124. The molecule has 0 bridgehead atoms. The number of nitrogens with zero attached hydrogens (tertiary/aromatic N) is 1. The Kier molecular flexibility index (Phi) is 3.82. The summed E-state index contributed by atoms with van der Waals surface area (Å²) in [4.78, 5) is 16.7. The van der Waals surface area contributed by atoms with Gasteiger partial charge in [0.2, 0.25) is 11.5 Å². The van der Waals surface area contributed by atoms with Crippen molar-refractivity contribution in [2.75, 3.05) is 19.8 Å². The van der Waals surface area contributed by atoms with E-state index in [2.05, 4.69) is 5.16 Å². The Morgan fingerprint density at radius 3 is 2.61 bits per heavy atom. The molecule has 1 saturated carbocycles. The Morgan fingerprint density at radius 2 is 2.11 bits per heavy atom. The maximum Gasteiger partial charge on any atom is 0.361 e. The predicted octanol–water partition coefficient (Wildman–Crippen LogP) is 0.796. The van der Waals surface area contributed by atoms with Crippen molar-refractivity contribution in [3.63, 3.8) is 0 Å². The van der Waals surface area contributed by atoms with Crippen LogP contribution in [0.5, 0.6) is 0 Å². The van der Waals surface area contributed by atoms with Crippen LogP contribution in [-0.2, 0) is 23.8 Å². The molecule has 0 N–H and O–H groups in total. The second-order valence-electron chi connectivity index (χ2n) is 4.20. The summed E-state index contributed by atoms with van der Waals surface area (Å²) in [5.74, 6) is -1.97. The molecule has 18 heavy (non-hydrogen) atoms. The van der Waals surface area contributed by atoms with E-state index in [1.807, 2.05) is 0 Å². The number of rotatable bonds is 5. The molecule has 0 radical (unpaired) electrons. The zero-order valence-corrected chi connectivity index (χ0v) is 10.3. The molecule has 2 aliphatic rings. The Bertz CT molecular complexity index is 353. The maximum atomic E-state index is 12.7. The van der Waals surface area contributed by atoms with E-state index in [0.717, 1.165) is 0 Å². The average molecular weight is 261 g/mol. The highest BCUT2D eigenvalue weighted by atomic mass is 19.1. The van der Waals surface area contributed by atoms with Gasteiger partial charge in [0.25, 0.3) is 0 Å². The molecule has 2 rings (SSSR count). The van der Waals surface area contributed by atoms with Gasteiger partial charge in [-0.25, -0.2) is 9.18 Å². The van der Waals surface area contributed by atoms with E-state index in [9.17, 15) is 9.18 Å². The molecule has 0 aromatic carbocycles. The van der Waals surface area contributed by atoms with Crippen molar-refractivity contribution in [2.45, 2.75) is 38.3 Å². The van der Waals surface area contributed by atoms with Crippen LogP contribution < -0.4 is 0 Å². The molecular formula is C11H16FNO5. The number of hydrogen-bond acceptors (Lipinski definition) is 6. The van der Waals surface area contributed by atoms with Crippen LogP contribution in [0.15, 0.2) is 5.16 Å². The highest BCUT2D eigenvalue weighted by Gasteiger charge is 2.45. The van der Waals surface area contributed by atoms with E-state index < -0.39 is 24.0 Å². The second-order valence-corrected chi connectivity index (χ2v) is 4.20. The van der Waals surface area contributed by atoms with Gasteiger partial charge in [-0.3, -0.25) is 0 Å². The third-order valence-electron chi connectivity index (χ3n) is 2.67. The number of ether oxygens (including phenoxy) is 3. The molecule has 6 nitrogen and oxygen atoms in total. The topological polar surface area (TPSA) is 66.4 Å². The van der Waals surface area contributed by atoms with Crippen LogP contribution in [0.4, 0.5) is 4.39 Å². The zero-order valence-electron chi connectivity index (χ0n) is 10.3. The lowest BCUT2D eigenvalue weighted by atomic mass is 10.2. The summed E-state index contributed by atoms with van der Waals surface area (Å²) in [6.07, 6.45) is -1.31. The summed E-state index contributed by atoms with van der Waals surface area (Å²) in [6, 6.07) is 0.